The number of hydrogen-bond donors (Lipinski definition) is 0. The molecule has 0 spiro atoms. The Hall–Kier alpha value is -9.00. The van der Waals surface area contributed by atoms with Gasteiger partial charge in [0.15, 0.2) is 0 Å². The van der Waals surface area contributed by atoms with E-state index in [4.69, 9.17) is 18.9 Å². The summed E-state index contributed by atoms with van der Waals surface area (Å²) in [4.78, 5) is 0. The van der Waals surface area contributed by atoms with Crippen molar-refractivity contribution in [3.63, 3.8) is 0 Å². The zero-order valence-electron chi connectivity index (χ0n) is 52.5. The van der Waals surface area contributed by atoms with Gasteiger partial charge in [-0.25, -0.2) is 0 Å². The van der Waals surface area contributed by atoms with Crippen LogP contribution in [0.3, 0.4) is 0 Å². The first kappa shape index (κ1) is 62.6. The molecule has 4 nitrogen and oxygen atoms in total. The van der Waals surface area contributed by atoms with E-state index in [2.05, 4.69) is 254 Å². The normalized spacial score (nSPS) is 12.6. The van der Waals surface area contributed by atoms with E-state index in [9.17, 15) is 0 Å². The van der Waals surface area contributed by atoms with Gasteiger partial charge in [-0.05, 0) is 172 Å². The number of benzene rings is 5. The zero-order valence-corrected chi connectivity index (χ0v) is 52.5. The predicted molar refractivity (Wildman–Crippen MR) is 348 cm³/mol. The van der Waals surface area contributed by atoms with Gasteiger partial charge < -0.3 is 18.9 Å². The minimum absolute atomic E-state index is 0.163. The Morgan fingerprint density at radius 3 is 0.905 bits per heavy atom. The first-order valence-corrected chi connectivity index (χ1v) is 29.5. The standard InChI is InChI=1S/C80H80O4/c1-17-38-81-73-54-66-35-31-61-43-58(47-70(50-61)78(8,9)10)27-24-25-28-59-44-62(51-71(48-59)79(11,12)13)32-36-67-55-76(84-41-20-4)68(56-75(67)83-40-19-3)37-33-63-45-64(72(52-63)80(14,15)16)29-23-21-22-26-57-42-60(49-69(46-57)77(5,6)7)30-34-65(73)53-74(66)82-39-18-2/h29,42-56H,17-20,38-41H2,1-16H3. The summed E-state index contributed by atoms with van der Waals surface area (Å²) in [6, 6.07) is 26.7. The molecule has 0 unspecified atom stereocenters. The first-order chi connectivity index (χ1) is 39.9. The molecule has 0 atom stereocenters. The maximum absolute atomic E-state index is 6.42. The van der Waals surface area contributed by atoms with Gasteiger partial charge in [-0.1, -0.05) is 182 Å². The number of hydrogen-bond acceptors (Lipinski definition) is 4. The molecular formula is C80H80O4. The summed E-state index contributed by atoms with van der Waals surface area (Å²) < 4.78 is 25.6. The molecule has 12 bridgehead atoms. The summed E-state index contributed by atoms with van der Waals surface area (Å²) in [7, 11) is 0. The summed E-state index contributed by atoms with van der Waals surface area (Å²) in [6.07, 6.45) is 9.50. The number of allylic oxidation sites excluding steroid dienone is 6. The second-order valence-electron chi connectivity index (χ2n) is 25.3. The van der Waals surface area contributed by atoms with Crippen LogP contribution in [-0.4, -0.2) is 26.4 Å². The van der Waals surface area contributed by atoms with Crippen molar-refractivity contribution in [1.29, 1.82) is 0 Å². The second kappa shape index (κ2) is 27.8. The van der Waals surface area contributed by atoms with E-state index >= 15 is 0 Å². The maximum Gasteiger partial charge on any atom is 0.136 e. The van der Waals surface area contributed by atoms with Crippen LogP contribution < -0.4 is 18.9 Å². The quantitative estimate of drug-likeness (QED) is 0.117. The zero-order chi connectivity index (χ0) is 60.7. The molecule has 0 radical (unpaired) electrons. The largest absolute Gasteiger partial charge is 0.492 e. The third-order valence-electron chi connectivity index (χ3n) is 13.5. The Morgan fingerprint density at radius 1 is 0.310 bits per heavy atom. The molecule has 424 valence electrons. The van der Waals surface area contributed by atoms with Gasteiger partial charge in [0.25, 0.3) is 0 Å². The van der Waals surface area contributed by atoms with Crippen LogP contribution in [0.1, 0.15) is 209 Å². The molecular weight excluding hydrogens is 1020 g/mol. The topological polar surface area (TPSA) is 36.9 Å². The third kappa shape index (κ3) is 17.8. The van der Waals surface area contributed by atoms with Crippen LogP contribution in [-0.2, 0) is 16.2 Å². The highest BCUT2D eigenvalue weighted by atomic mass is 16.5. The third-order valence-corrected chi connectivity index (χ3v) is 13.5. The molecule has 0 aromatic heterocycles. The Morgan fingerprint density at radius 2 is 0.607 bits per heavy atom. The minimum Gasteiger partial charge on any atom is -0.492 e. The van der Waals surface area contributed by atoms with Crippen LogP contribution in [0.25, 0.3) is 0 Å². The fraction of sp³-hybridized carbons (Fsp3) is 0.350. The molecule has 5 aromatic rings. The van der Waals surface area contributed by atoms with Crippen molar-refractivity contribution in [2.24, 2.45) is 5.41 Å². The second-order valence-corrected chi connectivity index (χ2v) is 25.3. The molecule has 84 heavy (non-hydrogen) atoms. The average molecular weight is 1110 g/mol. The van der Waals surface area contributed by atoms with Crippen LogP contribution in [0.4, 0.5) is 0 Å². The molecule has 5 aliphatic rings. The molecule has 0 aliphatic heterocycles. The molecule has 0 heterocycles. The summed E-state index contributed by atoms with van der Waals surface area (Å²) in [5, 5.41) is 0. The Bertz CT molecular complexity index is 3960. The highest BCUT2D eigenvalue weighted by Crippen LogP contribution is 2.38. The fourth-order valence-electron chi connectivity index (χ4n) is 8.84. The van der Waals surface area contributed by atoms with Gasteiger partial charge in [-0.2, -0.15) is 0 Å². The number of ether oxygens (including phenoxy) is 4. The molecule has 5 aromatic carbocycles. The van der Waals surface area contributed by atoms with E-state index in [1.54, 1.807) is 0 Å². The van der Waals surface area contributed by atoms with E-state index in [1.165, 1.54) is 0 Å². The van der Waals surface area contributed by atoms with Crippen molar-refractivity contribution in [3.8, 4) is 118 Å². The summed E-state index contributed by atoms with van der Waals surface area (Å²) in [6.45, 7) is 36.8. The van der Waals surface area contributed by atoms with Gasteiger partial charge in [0.1, 0.15) is 23.0 Å². The Labute approximate surface area is 504 Å². The molecule has 5 aliphatic carbocycles. The van der Waals surface area contributed by atoms with E-state index in [1.807, 2.05) is 48.5 Å². The molecule has 0 amide bonds. The van der Waals surface area contributed by atoms with E-state index < -0.39 is 0 Å². The van der Waals surface area contributed by atoms with E-state index in [-0.39, 0.29) is 21.7 Å². The van der Waals surface area contributed by atoms with Crippen LogP contribution in [0.5, 0.6) is 23.0 Å². The molecule has 0 saturated heterocycles. The lowest BCUT2D eigenvalue weighted by Crippen LogP contribution is -2.11. The summed E-state index contributed by atoms with van der Waals surface area (Å²) in [5.41, 5.74) is 13.5. The van der Waals surface area contributed by atoms with Gasteiger partial charge >= 0.3 is 0 Å². The minimum atomic E-state index is -0.172. The smallest absolute Gasteiger partial charge is 0.136 e. The van der Waals surface area contributed by atoms with Crippen LogP contribution >= 0.6 is 0 Å². The van der Waals surface area contributed by atoms with Crippen molar-refractivity contribution in [1.82, 2.24) is 0 Å². The SMILES string of the molecule is CCCOc1cc2c(OCCC)cc1C#CC1=CC(=CC#CC#Cc3cc(cc(C(C)(C)C)c3)C#Cc3cc(OCCC)c(cc3OCCC)C#Cc3cc(cc(C(C)(C)C)c3)C#CC#Cc3cc(cc(C(C)(C)C)c3)C#C2)C(C(C)(C)C)=C1. The van der Waals surface area contributed by atoms with Gasteiger partial charge in [-0.3, -0.25) is 0 Å². The van der Waals surface area contributed by atoms with Crippen molar-refractivity contribution >= 4 is 0 Å². The van der Waals surface area contributed by atoms with Crippen molar-refractivity contribution in [2.75, 3.05) is 26.4 Å². The lowest BCUT2D eigenvalue weighted by Gasteiger charge is -2.21. The first-order valence-electron chi connectivity index (χ1n) is 29.5. The Kier molecular flexibility index (Phi) is 20.8. The van der Waals surface area contributed by atoms with Gasteiger partial charge in [-0.15, -0.1) is 0 Å². The van der Waals surface area contributed by atoms with Crippen molar-refractivity contribution in [3.05, 3.63) is 186 Å². The monoisotopic (exact) mass is 1100 g/mol. The Balaban J connectivity index is 1.45. The van der Waals surface area contributed by atoms with Crippen molar-refractivity contribution in [2.45, 2.75) is 153 Å². The lowest BCUT2D eigenvalue weighted by molar-refractivity contribution is 0.307. The van der Waals surface area contributed by atoms with E-state index in [0.29, 0.717) is 66.1 Å². The molecule has 4 heteroatoms. The van der Waals surface area contributed by atoms with Crippen LogP contribution in [0, 0.1) is 100 Å². The highest BCUT2D eigenvalue weighted by Gasteiger charge is 2.24. The lowest BCUT2D eigenvalue weighted by atomic mass is 9.83. The maximum atomic E-state index is 6.42. The van der Waals surface area contributed by atoms with Gasteiger partial charge in [0, 0.05) is 63.2 Å². The van der Waals surface area contributed by atoms with Gasteiger partial charge in [0.2, 0.25) is 0 Å². The number of rotatable bonds is 12. The van der Waals surface area contributed by atoms with E-state index in [0.717, 1.165) is 98.0 Å². The molecule has 0 saturated carbocycles. The molecule has 0 fully saturated rings. The van der Waals surface area contributed by atoms with Crippen molar-refractivity contribution < 1.29 is 18.9 Å². The van der Waals surface area contributed by atoms with Gasteiger partial charge in [0.05, 0.1) is 48.7 Å². The molecule has 10 rings (SSSR count). The molecule has 0 N–H and O–H groups in total. The fourth-order valence-corrected chi connectivity index (χ4v) is 8.84. The van der Waals surface area contributed by atoms with Crippen LogP contribution in [0.15, 0.2) is 114 Å². The average Bonchev–Trinajstić information content (AvgIpc) is 4.06. The predicted octanol–water partition coefficient (Wildman–Crippen LogP) is 16.9. The summed E-state index contributed by atoms with van der Waals surface area (Å²) in [5.74, 6) is 56.2. The van der Waals surface area contributed by atoms with Crippen LogP contribution in [0.2, 0.25) is 0 Å². The summed E-state index contributed by atoms with van der Waals surface area (Å²) >= 11 is 0. The highest BCUT2D eigenvalue weighted by molar-refractivity contribution is 5.67.